The van der Waals surface area contributed by atoms with E-state index in [0.29, 0.717) is 17.8 Å². The van der Waals surface area contributed by atoms with E-state index in [-0.39, 0.29) is 11.7 Å². The summed E-state index contributed by atoms with van der Waals surface area (Å²) < 4.78 is 14.0. The van der Waals surface area contributed by atoms with Crippen molar-refractivity contribution < 1.29 is 9.18 Å². The van der Waals surface area contributed by atoms with E-state index in [1.807, 2.05) is 38.9 Å². The molecule has 0 aliphatic carbocycles. The SMILES string of the molecule is CC(C)c1cc(F)c(N(C)C=O)c(N(C)C)c1. The van der Waals surface area contributed by atoms with Crippen LogP contribution in [0.15, 0.2) is 12.1 Å². The van der Waals surface area contributed by atoms with Crippen LogP contribution in [-0.2, 0) is 4.79 Å². The zero-order valence-electron chi connectivity index (χ0n) is 11.0. The Hall–Kier alpha value is -1.58. The summed E-state index contributed by atoms with van der Waals surface area (Å²) in [7, 11) is 5.22. The first-order valence-electron chi connectivity index (χ1n) is 5.57. The number of rotatable bonds is 4. The van der Waals surface area contributed by atoms with Gasteiger partial charge in [-0.1, -0.05) is 13.8 Å². The van der Waals surface area contributed by atoms with Crippen LogP contribution in [-0.4, -0.2) is 27.6 Å². The van der Waals surface area contributed by atoms with Gasteiger partial charge in [-0.25, -0.2) is 4.39 Å². The third kappa shape index (κ3) is 2.75. The molecule has 1 aromatic carbocycles. The first kappa shape index (κ1) is 13.5. The number of anilines is 2. The Morgan fingerprint density at radius 2 is 1.82 bits per heavy atom. The van der Waals surface area contributed by atoms with Gasteiger partial charge < -0.3 is 9.80 Å². The van der Waals surface area contributed by atoms with E-state index < -0.39 is 0 Å². The van der Waals surface area contributed by atoms with Crippen LogP contribution in [0.3, 0.4) is 0 Å². The van der Waals surface area contributed by atoms with Crippen LogP contribution in [0.2, 0.25) is 0 Å². The van der Waals surface area contributed by atoms with Crippen LogP contribution in [0.1, 0.15) is 25.3 Å². The molecule has 0 bridgehead atoms. The molecule has 0 heterocycles. The molecular formula is C13H19FN2O. The normalized spacial score (nSPS) is 10.5. The zero-order valence-corrected chi connectivity index (χ0v) is 11.0. The second kappa shape index (κ2) is 5.17. The molecule has 4 heteroatoms. The molecule has 0 saturated heterocycles. The first-order valence-corrected chi connectivity index (χ1v) is 5.57. The highest BCUT2D eigenvalue weighted by Gasteiger charge is 2.17. The summed E-state index contributed by atoms with van der Waals surface area (Å²) in [5, 5.41) is 0. The Morgan fingerprint density at radius 3 is 2.24 bits per heavy atom. The molecule has 0 spiro atoms. The summed E-state index contributed by atoms with van der Waals surface area (Å²) in [4.78, 5) is 13.9. The molecule has 1 rings (SSSR count). The highest BCUT2D eigenvalue weighted by molar-refractivity contribution is 5.84. The van der Waals surface area contributed by atoms with Crippen molar-refractivity contribution in [2.24, 2.45) is 0 Å². The van der Waals surface area contributed by atoms with E-state index in [9.17, 15) is 9.18 Å². The summed E-state index contributed by atoms with van der Waals surface area (Å²) in [5.74, 6) is -0.117. The van der Waals surface area contributed by atoms with Gasteiger partial charge in [-0.05, 0) is 23.6 Å². The van der Waals surface area contributed by atoms with E-state index in [0.717, 1.165) is 5.56 Å². The first-order chi connectivity index (χ1) is 7.88. The van der Waals surface area contributed by atoms with Crippen LogP contribution in [0.25, 0.3) is 0 Å². The molecule has 0 aliphatic rings. The number of halogens is 1. The van der Waals surface area contributed by atoms with E-state index >= 15 is 0 Å². The minimum Gasteiger partial charge on any atom is -0.376 e. The van der Waals surface area contributed by atoms with E-state index in [1.54, 1.807) is 7.05 Å². The molecule has 0 fully saturated rings. The number of amides is 1. The quantitative estimate of drug-likeness (QED) is 0.753. The Bertz CT molecular complexity index is 416. The molecule has 0 radical (unpaired) electrons. The number of hydrogen-bond donors (Lipinski definition) is 0. The molecule has 1 amide bonds. The van der Waals surface area contributed by atoms with Gasteiger partial charge in [0.05, 0.1) is 5.69 Å². The Morgan fingerprint density at radius 1 is 1.24 bits per heavy atom. The Balaban J connectivity index is 3.43. The fourth-order valence-corrected chi connectivity index (χ4v) is 1.68. The molecule has 3 nitrogen and oxygen atoms in total. The smallest absolute Gasteiger partial charge is 0.214 e. The molecule has 0 aromatic heterocycles. The lowest BCUT2D eigenvalue weighted by atomic mass is 10.0. The maximum Gasteiger partial charge on any atom is 0.214 e. The summed E-state index contributed by atoms with van der Waals surface area (Å²) in [5.41, 5.74) is 1.95. The van der Waals surface area contributed by atoms with Gasteiger partial charge in [0.1, 0.15) is 11.5 Å². The number of benzene rings is 1. The molecular weight excluding hydrogens is 219 g/mol. The second-order valence-corrected chi connectivity index (χ2v) is 4.64. The third-order valence-corrected chi connectivity index (χ3v) is 2.72. The maximum atomic E-state index is 14.0. The van der Waals surface area contributed by atoms with E-state index in [4.69, 9.17) is 0 Å². The molecule has 0 N–H and O–H groups in total. The van der Waals surface area contributed by atoms with Gasteiger partial charge in [0.15, 0.2) is 0 Å². The summed E-state index contributed by atoms with van der Waals surface area (Å²) >= 11 is 0. The van der Waals surface area contributed by atoms with Gasteiger partial charge in [0, 0.05) is 21.1 Å². The Labute approximate surface area is 102 Å². The van der Waals surface area contributed by atoms with Crippen molar-refractivity contribution in [3.63, 3.8) is 0 Å². The average Bonchev–Trinajstić information content (AvgIpc) is 2.26. The van der Waals surface area contributed by atoms with Crippen molar-refractivity contribution in [1.82, 2.24) is 0 Å². The molecule has 17 heavy (non-hydrogen) atoms. The Kier molecular flexibility index (Phi) is 4.10. The maximum absolute atomic E-state index is 14.0. The van der Waals surface area contributed by atoms with E-state index in [1.165, 1.54) is 11.0 Å². The van der Waals surface area contributed by atoms with Crippen LogP contribution in [0.4, 0.5) is 15.8 Å². The van der Waals surface area contributed by atoms with Crippen molar-refractivity contribution in [3.8, 4) is 0 Å². The van der Waals surface area contributed by atoms with E-state index in [2.05, 4.69) is 0 Å². The van der Waals surface area contributed by atoms with Crippen LogP contribution in [0.5, 0.6) is 0 Å². The van der Waals surface area contributed by atoms with Crippen molar-refractivity contribution in [3.05, 3.63) is 23.5 Å². The van der Waals surface area contributed by atoms with Crippen molar-refractivity contribution in [2.75, 3.05) is 30.9 Å². The second-order valence-electron chi connectivity index (χ2n) is 4.64. The largest absolute Gasteiger partial charge is 0.376 e. The van der Waals surface area contributed by atoms with Gasteiger partial charge in [0.25, 0.3) is 0 Å². The van der Waals surface area contributed by atoms with Gasteiger partial charge >= 0.3 is 0 Å². The summed E-state index contributed by atoms with van der Waals surface area (Å²) in [6.45, 7) is 4.02. The number of hydrogen-bond acceptors (Lipinski definition) is 2. The highest BCUT2D eigenvalue weighted by atomic mass is 19.1. The minimum absolute atomic E-state index is 0.249. The molecule has 0 atom stereocenters. The molecule has 94 valence electrons. The summed E-state index contributed by atoms with van der Waals surface area (Å²) in [6.07, 6.45) is 0.612. The fourth-order valence-electron chi connectivity index (χ4n) is 1.68. The lowest BCUT2D eigenvalue weighted by Crippen LogP contribution is -2.21. The van der Waals surface area contributed by atoms with Crippen molar-refractivity contribution >= 4 is 17.8 Å². The van der Waals surface area contributed by atoms with Gasteiger partial charge in [-0.15, -0.1) is 0 Å². The molecule has 0 saturated carbocycles. The third-order valence-electron chi connectivity index (χ3n) is 2.72. The highest BCUT2D eigenvalue weighted by Crippen LogP contribution is 2.33. The van der Waals surface area contributed by atoms with Gasteiger partial charge in [-0.2, -0.15) is 0 Å². The molecule has 0 unspecified atom stereocenters. The average molecular weight is 238 g/mol. The lowest BCUT2D eigenvalue weighted by molar-refractivity contribution is -0.107. The molecule has 0 aliphatic heterocycles. The van der Waals surface area contributed by atoms with Gasteiger partial charge in [0.2, 0.25) is 6.41 Å². The fraction of sp³-hybridized carbons (Fsp3) is 0.462. The lowest BCUT2D eigenvalue weighted by Gasteiger charge is -2.23. The van der Waals surface area contributed by atoms with Crippen molar-refractivity contribution in [1.29, 1.82) is 0 Å². The minimum atomic E-state index is -0.366. The van der Waals surface area contributed by atoms with Crippen LogP contribution < -0.4 is 9.80 Å². The predicted molar refractivity (Wildman–Crippen MR) is 69.3 cm³/mol. The van der Waals surface area contributed by atoms with Crippen LogP contribution >= 0.6 is 0 Å². The molecule has 1 aromatic rings. The predicted octanol–water partition coefficient (Wildman–Crippen LogP) is 2.61. The van der Waals surface area contributed by atoms with Gasteiger partial charge in [-0.3, -0.25) is 4.79 Å². The zero-order chi connectivity index (χ0) is 13.2. The summed E-state index contributed by atoms with van der Waals surface area (Å²) in [6, 6.07) is 3.41. The van der Waals surface area contributed by atoms with Crippen LogP contribution in [0, 0.1) is 5.82 Å². The monoisotopic (exact) mass is 238 g/mol. The van der Waals surface area contributed by atoms with Crippen molar-refractivity contribution in [2.45, 2.75) is 19.8 Å². The number of carbonyl (C=O) groups is 1. The standard InChI is InChI=1S/C13H19FN2O/c1-9(2)10-6-11(14)13(16(5)8-17)12(7-10)15(3)4/h6-9H,1-5H3. The topological polar surface area (TPSA) is 23.6 Å². The number of carbonyl (C=O) groups excluding carboxylic acids is 1. The number of nitrogens with zero attached hydrogens (tertiary/aromatic N) is 2.